The molecule has 3 heterocycles. The largest absolute Gasteiger partial charge is 0.497 e. The molecule has 1 aromatic heterocycles. The Morgan fingerprint density at radius 3 is 2.53 bits per heavy atom. The molecule has 2 aliphatic rings. The van der Waals surface area contributed by atoms with E-state index in [4.69, 9.17) is 18.6 Å². The highest BCUT2D eigenvalue weighted by Gasteiger charge is 2.41. The van der Waals surface area contributed by atoms with Gasteiger partial charge in [0.15, 0.2) is 5.17 Å². The van der Waals surface area contributed by atoms with Crippen LogP contribution in [-0.4, -0.2) is 42.3 Å². The number of nitrogens with zero attached hydrogens (tertiary/aromatic N) is 2. The van der Waals surface area contributed by atoms with Gasteiger partial charge in [0.1, 0.15) is 17.3 Å². The van der Waals surface area contributed by atoms with Crippen molar-refractivity contribution in [2.45, 2.75) is 45.9 Å². The molecule has 1 atom stereocenters. The molecule has 1 N–H and O–H groups in total. The van der Waals surface area contributed by atoms with E-state index in [2.05, 4.69) is 10.3 Å². The predicted molar refractivity (Wildman–Crippen MR) is 136 cm³/mol. The number of hydrogen-bond acceptors (Lipinski definition) is 9. The Balaban J connectivity index is 1.70. The minimum absolute atomic E-state index is 0.0931. The summed E-state index contributed by atoms with van der Waals surface area (Å²) in [6.45, 7) is 5.68. The third kappa shape index (κ3) is 5.43. The number of benzene rings is 1. The van der Waals surface area contributed by atoms with Crippen molar-refractivity contribution >= 4 is 28.8 Å². The Labute approximate surface area is 214 Å². The molecule has 190 valence electrons. The second kappa shape index (κ2) is 10.9. The van der Waals surface area contributed by atoms with Crippen LogP contribution in [0.5, 0.6) is 11.5 Å². The molecule has 0 saturated carbocycles. The highest BCUT2D eigenvalue weighted by Crippen LogP contribution is 2.46. The highest BCUT2D eigenvalue weighted by molar-refractivity contribution is 8.16. The second-order valence-electron chi connectivity index (χ2n) is 8.53. The van der Waals surface area contributed by atoms with E-state index < -0.39 is 12.0 Å². The molecule has 4 rings (SSSR count). The molecule has 0 radical (unpaired) electrons. The zero-order valence-corrected chi connectivity index (χ0v) is 21.7. The molecule has 0 bridgehead atoms. The molecule has 9 nitrogen and oxygen atoms in total. The van der Waals surface area contributed by atoms with Crippen LogP contribution < -0.4 is 14.8 Å². The minimum atomic E-state index is -0.591. The quantitative estimate of drug-likeness (QED) is 0.490. The van der Waals surface area contributed by atoms with Crippen molar-refractivity contribution < 1.29 is 28.2 Å². The summed E-state index contributed by atoms with van der Waals surface area (Å²) in [5, 5.41) is 5.44. The molecular weight excluding hydrogens is 482 g/mol. The van der Waals surface area contributed by atoms with E-state index in [9.17, 15) is 9.59 Å². The molecule has 2 aliphatic heterocycles. The topological polar surface area (TPSA) is 103 Å². The monoisotopic (exact) mass is 511 g/mol. The van der Waals surface area contributed by atoms with Crippen LogP contribution in [0.25, 0.3) is 0 Å². The number of carbonyl (C=O) groups excluding carboxylic acids is 2. The lowest BCUT2D eigenvalue weighted by Crippen LogP contribution is -2.38. The Morgan fingerprint density at radius 2 is 1.92 bits per heavy atom. The van der Waals surface area contributed by atoms with Crippen molar-refractivity contribution in [2.75, 3.05) is 14.2 Å². The van der Waals surface area contributed by atoms with Gasteiger partial charge >= 0.3 is 5.97 Å². The number of esters is 1. The molecule has 0 fully saturated rings. The van der Waals surface area contributed by atoms with E-state index in [-0.39, 0.29) is 25.0 Å². The van der Waals surface area contributed by atoms with Gasteiger partial charge in [0.05, 0.1) is 56.9 Å². The molecule has 0 saturated heterocycles. The second-order valence-corrected chi connectivity index (χ2v) is 9.36. The SMILES string of the molecule is COc1cc(OC)cc([C@H]2C(C(=O)OC(C)C)=C(C)N=C3SC=C(CC(=O)NCc4ccco4)N32)c1. The van der Waals surface area contributed by atoms with E-state index in [1.165, 1.54) is 11.8 Å². The van der Waals surface area contributed by atoms with Gasteiger partial charge in [-0.05, 0) is 56.0 Å². The zero-order valence-electron chi connectivity index (χ0n) is 20.9. The van der Waals surface area contributed by atoms with Gasteiger partial charge in [-0.3, -0.25) is 4.79 Å². The van der Waals surface area contributed by atoms with Crippen LogP contribution in [-0.2, 0) is 20.9 Å². The molecule has 0 unspecified atom stereocenters. The van der Waals surface area contributed by atoms with Crippen molar-refractivity contribution in [3.8, 4) is 11.5 Å². The van der Waals surface area contributed by atoms with Crippen LogP contribution in [0.15, 0.2) is 68.4 Å². The van der Waals surface area contributed by atoms with E-state index in [0.717, 1.165) is 5.56 Å². The van der Waals surface area contributed by atoms with Crippen LogP contribution in [0.1, 0.15) is 44.6 Å². The Bertz CT molecular complexity index is 1210. The van der Waals surface area contributed by atoms with Gasteiger partial charge in [0.25, 0.3) is 0 Å². The standard InChI is InChI=1S/C26H29N3O6S/c1-15(2)35-25(31)23-16(3)28-26-29(24(23)17-9-20(32-4)12-21(10-17)33-5)18(14-36-26)11-22(30)27-13-19-7-6-8-34-19/h6-10,12,14-15,24H,11,13H2,1-5H3,(H,27,30)/t24-/m0/s1. The van der Waals surface area contributed by atoms with Crippen LogP contribution >= 0.6 is 11.8 Å². The lowest BCUT2D eigenvalue weighted by atomic mass is 9.93. The van der Waals surface area contributed by atoms with Crippen molar-refractivity contribution in [3.63, 3.8) is 0 Å². The molecule has 0 spiro atoms. The number of aliphatic imine (C=N–C) groups is 1. The first kappa shape index (κ1) is 25.4. The number of rotatable bonds is 9. The van der Waals surface area contributed by atoms with Crippen molar-refractivity contribution in [1.29, 1.82) is 0 Å². The molecule has 2 aromatic rings. The maximum absolute atomic E-state index is 13.3. The number of ether oxygens (including phenoxy) is 3. The normalized spacial score (nSPS) is 16.9. The van der Waals surface area contributed by atoms with E-state index >= 15 is 0 Å². The summed E-state index contributed by atoms with van der Waals surface area (Å²) in [5.74, 6) is 1.18. The van der Waals surface area contributed by atoms with Gasteiger partial charge in [-0.25, -0.2) is 9.79 Å². The fourth-order valence-corrected chi connectivity index (χ4v) is 5.00. The number of amides is 1. The third-order valence-corrected chi connectivity index (χ3v) is 6.52. The molecule has 1 amide bonds. The van der Waals surface area contributed by atoms with Gasteiger partial charge in [-0.2, -0.15) is 0 Å². The lowest BCUT2D eigenvalue weighted by Gasteiger charge is -2.36. The number of nitrogens with one attached hydrogen (secondary N) is 1. The average Bonchev–Trinajstić information content (AvgIpc) is 3.51. The van der Waals surface area contributed by atoms with Crippen molar-refractivity contribution in [1.82, 2.24) is 10.2 Å². The molecule has 0 aliphatic carbocycles. The summed E-state index contributed by atoms with van der Waals surface area (Å²) < 4.78 is 21.9. The fourth-order valence-electron chi connectivity index (χ4n) is 4.04. The Hall–Kier alpha value is -3.66. The number of allylic oxidation sites excluding steroid dienone is 1. The van der Waals surface area contributed by atoms with Gasteiger partial charge in [0.2, 0.25) is 5.91 Å². The summed E-state index contributed by atoms with van der Waals surface area (Å²) in [6, 6.07) is 8.45. The zero-order chi connectivity index (χ0) is 25.8. The van der Waals surface area contributed by atoms with Gasteiger partial charge in [0, 0.05) is 11.8 Å². The summed E-state index contributed by atoms with van der Waals surface area (Å²) in [7, 11) is 3.14. The number of fused-ring (bicyclic) bond motifs is 1. The lowest BCUT2D eigenvalue weighted by molar-refractivity contribution is -0.143. The number of methoxy groups -OCH3 is 2. The maximum atomic E-state index is 13.3. The van der Waals surface area contributed by atoms with Crippen LogP contribution in [0.3, 0.4) is 0 Å². The fraction of sp³-hybridized carbons (Fsp3) is 0.346. The van der Waals surface area contributed by atoms with E-state index in [0.29, 0.717) is 39.4 Å². The number of furan rings is 1. The van der Waals surface area contributed by atoms with Crippen LogP contribution in [0.2, 0.25) is 0 Å². The molecular formula is C26H29N3O6S. The smallest absolute Gasteiger partial charge is 0.338 e. The van der Waals surface area contributed by atoms with Gasteiger partial charge < -0.3 is 28.8 Å². The summed E-state index contributed by atoms with van der Waals surface area (Å²) in [5.41, 5.74) is 2.41. The van der Waals surface area contributed by atoms with E-state index in [1.807, 2.05) is 22.4 Å². The third-order valence-electron chi connectivity index (χ3n) is 5.63. The van der Waals surface area contributed by atoms with Crippen molar-refractivity contribution in [3.05, 3.63) is 70.3 Å². The first-order chi connectivity index (χ1) is 17.3. The molecule has 1 aromatic carbocycles. The van der Waals surface area contributed by atoms with Gasteiger partial charge in [-0.1, -0.05) is 11.8 Å². The summed E-state index contributed by atoms with van der Waals surface area (Å²) in [6.07, 6.45) is 1.35. The molecule has 10 heteroatoms. The maximum Gasteiger partial charge on any atom is 0.338 e. The number of amidine groups is 1. The molecule has 36 heavy (non-hydrogen) atoms. The first-order valence-corrected chi connectivity index (χ1v) is 12.4. The van der Waals surface area contributed by atoms with E-state index in [1.54, 1.807) is 59.5 Å². The predicted octanol–water partition coefficient (Wildman–Crippen LogP) is 4.53. The minimum Gasteiger partial charge on any atom is -0.497 e. The number of carbonyl (C=O) groups is 2. The number of thioether (sulfide) groups is 1. The average molecular weight is 512 g/mol. The summed E-state index contributed by atoms with van der Waals surface area (Å²) >= 11 is 1.41. The first-order valence-electron chi connectivity index (χ1n) is 11.5. The van der Waals surface area contributed by atoms with Crippen LogP contribution in [0.4, 0.5) is 0 Å². The van der Waals surface area contributed by atoms with Gasteiger partial charge in [-0.15, -0.1) is 0 Å². The van der Waals surface area contributed by atoms with Crippen molar-refractivity contribution in [2.24, 2.45) is 4.99 Å². The highest BCUT2D eigenvalue weighted by atomic mass is 32.2. The van der Waals surface area contributed by atoms with Crippen LogP contribution in [0, 0.1) is 0 Å². The summed E-state index contributed by atoms with van der Waals surface area (Å²) in [4.78, 5) is 32.7. The Morgan fingerprint density at radius 1 is 1.19 bits per heavy atom. The Kier molecular flexibility index (Phi) is 7.73. The number of hydrogen-bond donors (Lipinski definition) is 1.